The van der Waals surface area contributed by atoms with Crippen LogP contribution in [-0.2, 0) is 4.79 Å². The number of hydrogen-bond acceptors (Lipinski definition) is 3. The summed E-state index contributed by atoms with van der Waals surface area (Å²) >= 11 is 0. The second-order valence-electron chi connectivity index (χ2n) is 5.47. The van der Waals surface area contributed by atoms with Crippen molar-refractivity contribution in [1.29, 1.82) is 0 Å². The molecule has 1 heterocycles. The third-order valence-corrected chi connectivity index (χ3v) is 3.68. The molecule has 0 spiro atoms. The lowest BCUT2D eigenvalue weighted by Crippen LogP contribution is -2.30. The van der Waals surface area contributed by atoms with Gasteiger partial charge < -0.3 is 10.1 Å². The van der Waals surface area contributed by atoms with E-state index in [1.54, 1.807) is 0 Å². The van der Waals surface area contributed by atoms with Crippen LogP contribution < -0.4 is 10.1 Å². The third kappa shape index (κ3) is 5.27. The molecular formula is C18H21ClN2O2. The molecule has 4 nitrogen and oxygen atoms in total. The Morgan fingerprint density at radius 1 is 0.957 bits per heavy atom. The first kappa shape index (κ1) is 17.3. The number of benzene rings is 2. The number of carbonyl (C=O) groups is 1. The van der Waals surface area contributed by atoms with E-state index in [-0.39, 0.29) is 18.3 Å². The Balaban J connectivity index is 0.00000192. The zero-order valence-electron chi connectivity index (χ0n) is 12.9. The van der Waals surface area contributed by atoms with Crippen molar-refractivity contribution in [3.05, 3.63) is 54.6 Å². The van der Waals surface area contributed by atoms with Gasteiger partial charge >= 0.3 is 0 Å². The van der Waals surface area contributed by atoms with Gasteiger partial charge in [0, 0.05) is 5.69 Å². The lowest BCUT2D eigenvalue weighted by molar-refractivity contribution is -0.117. The molecule has 2 aromatic carbocycles. The maximum Gasteiger partial charge on any atom is 0.238 e. The van der Waals surface area contributed by atoms with Gasteiger partial charge in [0.25, 0.3) is 0 Å². The van der Waals surface area contributed by atoms with Crippen LogP contribution >= 0.6 is 12.4 Å². The summed E-state index contributed by atoms with van der Waals surface area (Å²) in [5.41, 5.74) is 0.796. The number of para-hydroxylation sites is 1. The monoisotopic (exact) mass is 332 g/mol. The van der Waals surface area contributed by atoms with Gasteiger partial charge in [-0.2, -0.15) is 0 Å². The number of nitrogens with zero attached hydrogens (tertiary/aromatic N) is 1. The maximum absolute atomic E-state index is 12.0. The summed E-state index contributed by atoms with van der Waals surface area (Å²) in [6.07, 6.45) is 2.39. The van der Waals surface area contributed by atoms with E-state index in [4.69, 9.17) is 4.74 Å². The van der Waals surface area contributed by atoms with E-state index >= 15 is 0 Å². The van der Waals surface area contributed by atoms with E-state index in [0.717, 1.165) is 30.3 Å². The van der Waals surface area contributed by atoms with Crippen molar-refractivity contribution in [3.63, 3.8) is 0 Å². The summed E-state index contributed by atoms with van der Waals surface area (Å²) in [5.74, 6) is 1.59. The molecule has 1 fully saturated rings. The number of nitrogens with one attached hydrogen (secondary N) is 1. The van der Waals surface area contributed by atoms with Crippen molar-refractivity contribution < 1.29 is 9.53 Å². The molecule has 0 unspecified atom stereocenters. The molecule has 1 amide bonds. The van der Waals surface area contributed by atoms with E-state index in [9.17, 15) is 4.79 Å². The minimum atomic E-state index is 0. The smallest absolute Gasteiger partial charge is 0.238 e. The second-order valence-corrected chi connectivity index (χ2v) is 5.47. The first-order valence-electron chi connectivity index (χ1n) is 7.65. The SMILES string of the molecule is Cl.O=C(CN1CCCC1)Nc1ccc(Oc2ccccc2)cc1. The van der Waals surface area contributed by atoms with Crippen molar-refractivity contribution in [2.45, 2.75) is 12.8 Å². The normalized spacial score (nSPS) is 14.1. The van der Waals surface area contributed by atoms with Crippen molar-refractivity contribution in [2.24, 2.45) is 0 Å². The Hall–Kier alpha value is -2.04. The van der Waals surface area contributed by atoms with Crippen LogP contribution in [0.2, 0.25) is 0 Å². The van der Waals surface area contributed by atoms with Crippen LogP contribution in [0, 0.1) is 0 Å². The summed E-state index contributed by atoms with van der Waals surface area (Å²) < 4.78 is 5.72. The summed E-state index contributed by atoms with van der Waals surface area (Å²) in [7, 11) is 0. The lowest BCUT2D eigenvalue weighted by atomic mass is 10.3. The van der Waals surface area contributed by atoms with Crippen LogP contribution in [-0.4, -0.2) is 30.4 Å². The van der Waals surface area contributed by atoms with Gasteiger partial charge in [-0.15, -0.1) is 12.4 Å². The largest absolute Gasteiger partial charge is 0.457 e. The molecule has 1 aliphatic rings. The van der Waals surface area contributed by atoms with E-state index in [0.29, 0.717) is 6.54 Å². The zero-order chi connectivity index (χ0) is 15.2. The molecule has 23 heavy (non-hydrogen) atoms. The third-order valence-electron chi connectivity index (χ3n) is 3.68. The Morgan fingerprint density at radius 2 is 1.57 bits per heavy atom. The van der Waals surface area contributed by atoms with Gasteiger partial charge in [0.05, 0.1) is 6.54 Å². The maximum atomic E-state index is 12.0. The number of likely N-dealkylation sites (tertiary alicyclic amines) is 1. The molecular weight excluding hydrogens is 312 g/mol. The highest BCUT2D eigenvalue weighted by Gasteiger charge is 2.14. The average Bonchev–Trinajstić information content (AvgIpc) is 3.03. The Morgan fingerprint density at radius 3 is 2.22 bits per heavy atom. The van der Waals surface area contributed by atoms with Gasteiger partial charge in [-0.25, -0.2) is 0 Å². The van der Waals surface area contributed by atoms with Gasteiger partial charge in [-0.3, -0.25) is 9.69 Å². The van der Waals surface area contributed by atoms with Gasteiger partial charge in [-0.1, -0.05) is 18.2 Å². The first-order chi connectivity index (χ1) is 10.8. The van der Waals surface area contributed by atoms with E-state index in [1.165, 1.54) is 12.8 Å². The van der Waals surface area contributed by atoms with Crippen LogP contribution in [0.4, 0.5) is 5.69 Å². The van der Waals surface area contributed by atoms with Crippen LogP contribution in [0.25, 0.3) is 0 Å². The topological polar surface area (TPSA) is 41.6 Å². The van der Waals surface area contributed by atoms with Gasteiger partial charge in [-0.05, 0) is 62.3 Å². The second kappa shape index (κ2) is 8.56. The lowest BCUT2D eigenvalue weighted by Gasteiger charge is -2.14. The molecule has 1 aliphatic heterocycles. The molecule has 0 radical (unpaired) electrons. The van der Waals surface area contributed by atoms with Gasteiger partial charge in [0.15, 0.2) is 0 Å². The minimum Gasteiger partial charge on any atom is -0.457 e. The van der Waals surface area contributed by atoms with Crippen molar-refractivity contribution in [1.82, 2.24) is 4.90 Å². The number of ether oxygens (including phenoxy) is 1. The molecule has 1 saturated heterocycles. The van der Waals surface area contributed by atoms with Crippen molar-refractivity contribution >= 4 is 24.0 Å². The molecule has 0 bridgehead atoms. The van der Waals surface area contributed by atoms with E-state index in [2.05, 4.69) is 10.2 Å². The fourth-order valence-electron chi connectivity index (χ4n) is 2.58. The Labute approximate surface area is 142 Å². The van der Waals surface area contributed by atoms with Gasteiger partial charge in [0.2, 0.25) is 5.91 Å². The van der Waals surface area contributed by atoms with Crippen molar-refractivity contribution in [3.8, 4) is 11.5 Å². The van der Waals surface area contributed by atoms with Crippen LogP contribution in [0.5, 0.6) is 11.5 Å². The molecule has 0 saturated carbocycles. The van der Waals surface area contributed by atoms with E-state index in [1.807, 2.05) is 54.6 Å². The molecule has 122 valence electrons. The highest BCUT2D eigenvalue weighted by molar-refractivity contribution is 5.92. The summed E-state index contributed by atoms with van der Waals surface area (Å²) in [6, 6.07) is 17.1. The van der Waals surface area contributed by atoms with Crippen LogP contribution in [0.15, 0.2) is 54.6 Å². The predicted octanol–water partition coefficient (Wildman–Crippen LogP) is 3.94. The number of carbonyl (C=O) groups excluding carboxylic acids is 1. The molecule has 2 aromatic rings. The number of anilines is 1. The summed E-state index contributed by atoms with van der Waals surface area (Å²) in [6.45, 7) is 2.52. The Kier molecular flexibility index (Phi) is 6.44. The fraction of sp³-hybridized carbons (Fsp3) is 0.278. The average molecular weight is 333 g/mol. The van der Waals surface area contributed by atoms with Crippen LogP contribution in [0.1, 0.15) is 12.8 Å². The van der Waals surface area contributed by atoms with E-state index < -0.39 is 0 Å². The molecule has 3 rings (SSSR count). The van der Waals surface area contributed by atoms with Crippen LogP contribution in [0.3, 0.4) is 0 Å². The molecule has 0 atom stereocenters. The fourth-order valence-corrected chi connectivity index (χ4v) is 2.58. The summed E-state index contributed by atoms with van der Waals surface area (Å²) in [4.78, 5) is 14.1. The quantitative estimate of drug-likeness (QED) is 0.901. The number of halogens is 1. The zero-order valence-corrected chi connectivity index (χ0v) is 13.7. The molecule has 0 aromatic heterocycles. The minimum absolute atomic E-state index is 0. The first-order valence-corrected chi connectivity index (χ1v) is 7.65. The Bertz CT molecular complexity index is 611. The van der Waals surface area contributed by atoms with Gasteiger partial charge in [0.1, 0.15) is 11.5 Å². The highest BCUT2D eigenvalue weighted by Crippen LogP contribution is 2.22. The molecule has 5 heteroatoms. The highest BCUT2D eigenvalue weighted by atomic mass is 35.5. The number of amides is 1. The number of rotatable bonds is 5. The molecule has 1 N–H and O–H groups in total. The number of hydrogen-bond donors (Lipinski definition) is 1. The molecule has 0 aliphatic carbocycles. The standard InChI is InChI=1S/C18H20N2O2.ClH/c21-18(14-20-12-4-5-13-20)19-15-8-10-17(11-9-15)22-16-6-2-1-3-7-16;/h1-3,6-11H,4-5,12-14H2,(H,19,21);1H. The summed E-state index contributed by atoms with van der Waals surface area (Å²) in [5, 5.41) is 2.92. The predicted molar refractivity (Wildman–Crippen MR) is 94.5 cm³/mol. The van der Waals surface area contributed by atoms with Crippen molar-refractivity contribution in [2.75, 3.05) is 25.0 Å².